The topological polar surface area (TPSA) is 38.3 Å². The lowest BCUT2D eigenvalue weighted by Crippen LogP contribution is -2.39. The molecule has 1 aromatic rings. The number of nitrogens with one attached hydrogen (secondary N) is 1. The fourth-order valence-electron chi connectivity index (χ4n) is 1.84. The first-order valence-corrected chi connectivity index (χ1v) is 6.25. The molecule has 17 heavy (non-hydrogen) atoms. The minimum Gasteiger partial charge on any atom is -0.376 e. The molecule has 2 atom stereocenters. The van der Waals surface area contributed by atoms with E-state index in [2.05, 4.69) is 21.2 Å². The molecule has 1 N–H and O–H groups in total. The summed E-state index contributed by atoms with van der Waals surface area (Å²) >= 11 is 3.22. The molecule has 2 unspecified atom stereocenters. The van der Waals surface area contributed by atoms with Gasteiger partial charge in [-0.3, -0.25) is 4.79 Å². The lowest BCUT2D eigenvalue weighted by molar-refractivity contribution is 0.0862. The average molecular weight is 302 g/mol. The highest BCUT2D eigenvalue weighted by molar-refractivity contribution is 9.10. The molecule has 1 saturated heterocycles. The number of rotatable bonds is 2. The van der Waals surface area contributed by atoms with Crippen LogP contribution in [0.15, 0.2) is 22.7 Å². The van der Waals surface area contributed by atoms with Gasteiger partial charge in [-0.15, -0.1) is 0 Å². The van der Waals surface area contributed by atoms with Crippen molar-refractivity contribution in [2.45, 2.75) is 25.5 Å². The minimum absolute atomic E-state index is 0.0193. The third kappa shape index (κ3) is 2.84. The van der Waals surface area contributed by atoms with Gasteiger partial charge in [-0.1, -0.05) is 15.9 Å². The number of hydrogen-bond acceptors (Lipinski definition) is 2. The van der Waals surface area contributed by atoms with E-state index in [1.807, 2.05) is 6.92 Å². The molecule has 0 aromatic heterocycles. The molecule has 0 saturated carbocycles. The largest absolute Gasteiger partial charge is 0.376 e. The summed E-state index contributed by atoms with van der Waals surface area (Å²) in [5.74, 6) is -0.914. The van der Waals surface area contributed by atoms with Crippen molar-refractivity contribution in [1.29, 1.82) is 0 Å². The molecular weight excluding hydrogens is 289 g/mol. The van der Waals surface area contributed by atoms with Crippen LogP contribution >= 0.6 is 15.9 Å². The Bertz CT molecular complexity index is 439. The van der Waals surface area contributed by atoms with Crippen LogP contribution in [-0.2, 0) is 4.74 Å². The molecule has 0 aliphatic carbocycles. The van der Waals surface area contributed by atoms with Crippen LogP contribution in [0.3, 0.4) is 0 Å². The third-order valence-electron chi connectivity index (χ3n) is 2.87. The zero-order valence-electron chi connectivity index (χ0n) is 9.37. The monoisotopic (exact) mass is 301 g/mol. The molecule has 0 spiro atoms. The van der Waals surface area contributed by atoms with Crippen LogP contribution < -0.4 is 5.32 Å². The van der Waals surface area contributed by atoms with Gasteiger partial charge in [0, 0.05) is 11.1 Å². The second-order valence-electron chi connectivity index (χ2n) is 4.07. The number of benzene rings is 1. The molecule has 1 fully saturated rings. The zero-order chi connectivity index (χ0) is 12.4. The van der Waals surface area contributed by atoms with Gasteiger partial charge in [0.25, 0.3) is 5.91 Å². The number of halogens is 2. The van der Waals surface area contributed by atoms with Crippen molar-refractivity contribution in [1.82, 2.24) is 5.32 Å². The first kappa shape index (κ1) is 12.5. The Hall–Kier alpha value is -0.940. The van der Waals surface area contributed by atoms with E-state index < -0.39 is 11.7 Å². The van der Waals surface area contributed by atoms with E-state index in [4.69, 9.17) is 4.74 Å². The van der Waals surface area contributed by atoms with Gasteiger partial charge in [0.05, 0.1) is 17.7 Å². The van der Waals surface area contributed by atoms with Crippen molar-refractivity contribution in [3.8, 4) is 0 Å². The fourth-order valence-corrected chi connectivity index (χ4v) is 2.20. The maximum atomic E-state index is 13.5. The summed E-state index contributed by atoms with van der Waals surface area (Å²) in [7, 11) is 0. The highest BCUT2D eigenvalue weighted by Crippen LogP contribution is 2.17. The highest BCUT2D eigenvalue weighted by Gasteiger charge is 2.26. The second kappa shape index (κ2) is 5.14. The summed E-state index contributed by atoms with van der Waals surface area (Å²) < 4.78 is 19.5. The van der Waals surface area contributed by atoms with E-state index in [1.165, 1.54) is 12.1 Å². The van der Waals surface area contributed by atoms with Crippen LogP contribution in [0.2, 0.25) is 0 Å². The molecule has 92 valence electrons. The van der Waals surface area contributed by atoms with Crippen LogP contribution in [0.1, 0.15) is 23.7 Å². The fraction of sp³-hybridized carbons (Fsp3) is 0.417. The van der Waals surface area contributed by atoms with Gasteiger partial charge in [0.1, 0.15) is 5.82 Å². The Morgan fingerprint density at radius 2 is 2.35 bits per heavy atom. The van der Waals surface area contributed by atoms with Crippen molar-refractivity contribution in [2.75, 3.05) is 6.61 Å². The normalized spacial score (nSPS) is 23.7. The Labute approximate surface area is 107 Å². The smallest absolute Gasteiger partial charge is 0.254 e. The summed E-state index contributed by atoms with van der Waals surface area (Å²) in [6.07, 6.45) is 0.747. The molecule has 1 heterocycles. The van der Waals surface area contributed by atoms with Gasteiger partial charge in [-0.25, -0.2) is 4.39 Å². The summed E-state index contributed by atoms with van der Waals surface area (Å²) in [4.78, 5) is 11.9. The number of carbonyl (C=O) groups is 1. The van der Waals surface area contributed by atoms with Crippen LogP contribution in [0.4, 0.5) is 4.39 Å². The van der Waals surface area contributed by atoms with Crippen molar-refractivity contribution >= 4 is 21.8 Å². The molecule has 2 rings (SSSR count). The van der Waals surface area contributed by atoms with Gasteiger partial charge in [-0.2, -0.15) is 0 Å². The molecule has 1 aromatic carbocycles. The number of ether oxygens (including phenoxy) is 1. The molecule has 0 radical (unpaired) electrons. The predicted molar refractivity (Wildman–Crippen MR) is 65.4 cm³/mol. The summed E-state index contributed by atoms with van der Waals surface area (Å²) in [6, 6.07) is 4.27. The third-order valence-corrected chi connectivity index (χ3v) is 3.36. The van der Waals surface area contributed by atoms with E-state index in [-0.39, 0.29) is 17.7 Å². The van der Waals surface area contributed by atoms with Gasteiger partial charge in [0.2, 0.25) is 0 Å². The van der Waals surface area contributed by atoms with Crippen molar-refractivity contribution in [3.05, 3.63) is 34.1 Å². The molecule has 1 amide bonds. The van der Waals surface area contributed by atoms with E-state index in [1.54, 1.807) is 6.07 Å². The number of hydrogen-bond donors (Lipinski definition) is 1. The van der Waals surface area contributed by atoms with Gasteiger partial charge < -0.3 is 10.1 Å². The highest BCUT2D eigenvalue weighted by atomic mass is 79.9. The van der Waals surface area contributed by atoms with Crippen LogP contribution in [0.5, 0.6) is 0 Å². The first-order chi connectivity index (χ1) is 8.08. The number of carbonyl (C=O) groups excluding carboxylic acids is 1. The summed E-state index contributed by atoms with van der Waals surface area (Å²) in [6.45, 7) is 2.53. The van der Waals surface area contributed by atoms with E-state index in [0.717, 1.165) is 6.42 Å². The van der Waals surface area contributed by atoms with Gasteiger partial charge in [-0.05, 0) is 31.5 Å². The van der Waals surface area contributed by atoms with Crippen molar-refractivity contribution < 1.29 is 13.9 Å². The Morgan fingerprint density at radius 1 is 1.59 bits per heavy atom. The second-order valence-corrected chi connectivity index (χ2v) is 4.98. The van der Waals surface area contributed by atoms with Crippen LogP contribution in [0.25, 0.3) is 0 Å². The molecule has 1 aliphatic heterocycles. The summed E-state index contributed by atoms with van der Waals surface area (Å²) in [5, 5.41) is 2.79. The maximum Gasteiger partial charge on any atom is 0.254 e. The summed E-state index contributed by atoms with van der Waals surface area (Å²) in [5.41, 5.74) is 0.0541. The minimum atomic E-state index is -0.516. The number of amides is 1. The van der Waals surface area contributed by atoms with Crippen LogP contribution in [-0.4, -0.2) is 24.7 Å². The standard InChI is InChI=1S/C12H13BrFNO2/c1-7-11(4-5-17-7)15-12(16)9-6-8(13)2-3-10(9)14/h2-3,6-7,11H,4-5H2,1H3,(H,15,16). The quantitative estimate of drug-likeness (QED) is 0.911. The van der Waals surface area contributed by atoms with E-state index in [9.17, 15) is 9.18 Å². The molecule has 1 aliphatic rings. The molecular formula is C12H13BrFNO2. The SMILES string of the molecule is CC1OCCC1NC(=O)c1cc(Br)ccc1F. The van der Waals surface area contributed by atoms with Gasteiger partial charge >= 0.3 is 0 Å². The van der Waals surface area contributed by atoms with E-state index in [0.29, 0.717) is 11.1 Å². The first-order valence-electron chi connectivity index (χ1n) is 5.45. The zero-order valence-corrected chi connectivity index (χ0v) is 11.0. The van der Waals surface area contributed by atoms with Crippen LogP contribution in [0, 0.1) is 5.82 Å². The van der Waals surface area contributed by atoms with Gasteiger partial charge in [0.15, 0.2) is 0 Å². The maximum absolute atomic E-state index is 13.5. The molecule has 3 nitrogen and oxygen atoms in total. The average Bonchev–Trinajstić information content (AvgIpc) is 2.68. The van der Waals surface area contributed by atoms with Crippen molar-refractivity contribution in [3.63, 3.8) is 0 Å². The Balaban J connectivity index is 2.11. The lowest BCUT2D eigenvalue weighted by Gasteiger charge is -2.16. The lowest BCUT2D eigenvalue weighted by atomic mass is 10.1. The molecule has 0 bridgehead atoms. The van der Waals surface area contributed by atoms with E-state index >= 15 is 0 Å². The Kier molecular flexibility index (Phi) is 3.79. The van der Waals surface area contributed by atoms with Crippen molar-refractivity contribution in [2.24, 2.45) is 0 Å². The predicted octanol–water partition coefficient (Wildman–Crippen LogP) is 2.50. The Morgan fingerprint density at radius 3 is 3.00 bits per heavy atom. The molecule has 5 heteroatoms.